The van der Waals surface area contributed by atoms with Gasteiger partial charge in [-0.1, -0.05) is 11.6 Å². The lowest BCUT2D eigenvalue weighted by molar-refractivity contribution is -0.144. The van der Waals surface area contributed by atoms with E-state index < -0.39 is 17.5 Å². The summed E-state index contributed by atoms with van der Waals surface area (Å²) in [7, 11) is 2.98. The highest BCUT2D eigenvalue weighted by molar-refractivity contribution is 6.32. The summed E-state index contributed by atoms with van der Waals surface area (Å²) in [5.74, 6) is -0.455. The summed E-state index contributed by atoms with van der Waals surface area (Å²) in [5.41, 5.74) is 0.970. The second kappa shape index (κ2) is 8.05. The summed E-state index contributed by atoms with van der Waals surface area (Å²) in [4.78, 5) is 24.4. The Bertz CT molecular complexity index is 1150. The molecule has 0 saturated heterocycles. The van der Waals surface area contributed by atoms with Crippen molar-refractivity contribution in [1.29, 1.82) is 0 Å². The predicted octanol–water partition coefficient (Wildman–Crippen LogP) is 4.29. The van der Waals surface area contributed by atoms with Gasteiger partial charge in [0.15, 0.2) is 23.4 Å². The number of methoxy groups -OCH3 is 2. The molecule has 0 bridgehead atoms. The Morgan fingerprint density at radius 2 is 1.83 bits per heavy atom. The molecule has 1 N–H and O–H groups in total. The van der Waals surface area contributed by atoms with Gasteiger partial charge in [-0.05, 0) is 49.7 Å². The monoisotopic (exact) mass is 418 g/mol. The Balaban J connectivity index is 2.32. The molecule has 0 radical (unpaired) electrons. The third kappa shape index (κ3) is 3.86. The smallest absolute Gasteiger partial charge is 0.344 e. The van der Waals surface area contributed by atoms with Crippen LogP contribution in [0.5, 0.6) is 17.2 Å². The van der Waals surface area contributed by atoms with Crippen LogP contribution in [0.15, 0.2) is 39.5 Å². The molecule has 0 amide bonds. The maximum atomic E-state index is 13.1. The lowest BCUT2D eigenvalue weighted by Gasteiger charge is -2.15. The number of halogens is 1. The second-order valence-electron chi connectivity index (χ2n) is 6.36. The molecule has 0 fully saturated rings. The molecule has 7 nitrogen and oxygen atoms in total. The van der Waals surface area contributed by atoms with Gasteiger partial charge < -0.3 is 23.7 Å². The number of benzene rings is 2. The van der Waals surface area contributed by atoms with Gasteiger partial charge in [0.25, 0.3) is 0 Å². The fourth-order valence-corrected chi connectivity index (χ4v) is 2.96. The van der Waals surface area contributed by atoms with Crippen LogP contribution in [0.4, 0.5) is 0 Å². The van der Waals surface area contributed by atoms with Crippen LogP contribution in [-0.4, -0.2) is 31.4 Å². The van der Waals surface area contributed by atoms with Gasteiger partial charge >= 0.3 is 5.97 Å². The molecule has 152 valence electrons. The fourth-order valence-electron chi connectivity index (χ4n) is 2.80. The summed E-state index contributed by atoms with van der Waals surface area (Å²) < 4.78 is 22.0. The van der Waals surface area contributed by atoms with E-state index in [9.17, 15) is 14.7 Å². The zero-order valence-corrected chi connectivity index (χ0v) is 17.0. The molecule has 0 aliphatic carbocycles. The molecule has 1 atom stereocenters. The summed E-state index contributed by atoms with van der Waals surface area (Å²) in [6.07, 6.45) is -1.27. The molecule has 0 aliphatic heterocycles. The summed E-state index contributed by atoms with van der Waals surface area (Å²) in [6, 6.07) is 8.05. The zero-order valence-electron chi connectivity index (χ0n) is 16.2. The minimum absolute atomic E-state index is 0.0817. The van der Waals surface area contributed by atoms with Crippen LogP contribution in [0, 0.1) is 6.92 Å². The maximum absolute atomic E-state index is 13.1. The molecule has 0 aliphatic rings. The minimum Gasteiger partial charge on any atom is -0.493 e. The molecule has 1 heterocycles. The van der Waals surface area contributed by atoms with Crippen molar-refractivity contribution in [3.63, 3.8) is 0 Å². The van der Waals surface area contributed by atoms with E-state index in [1.807, 2.05) is 0 Å². The van der Waals surface area contributed by atoms with Crippen LogP contribution in [0.3, 0.4) is 0 Å². The molecule has 29 heavy (non-hydrogen) atoms. The molecule has 1 aromatic heterocycles. The number of hydrogen-bond donors (Lipinski definition) is 1. The van der Waals surface area contributed by atoms with E-state index in [0.717, 1.165) is 5.56 Å². The highest BCUT2D eigenvalue weighted by atomic mass is 35.5. The van der Waals surface area contributed by atoms with Crippen molar-refractivity contribution in [2.24, 2.45) is 0 Å². The Kier molecular flexibility index (Phi) is 5.70. The number of aliphatic carboxylic acids is 1. The van der Waals surface area contributed by atoms with Crippen LogP contribution in [-0.2, 0) is 4.79 Å². The summed E-state index contributed by atoms with van der Waals surface area (Å²) in [6.45, 7) is 3.11. The van der Waals surface area contributed by atoms with E-state index in [-0.39, 0.29) is 16.9 Å². The van der Waals surface area contributed by atoms with Crippen molar-refractivity contribution in [2.75, 3.05) is 14.2 Å². The second-order valence-corrected chi connectivity index (χ2v) is 6.76. The van der Waals surface area contributed by atoms with Crippen molar-refractivity contribution >= 4 is 28.5 Å². The van der Waals surface area contributed by atoms with Crippen LogP contribution in [0.1, 0.15) is 12.5 Å². The topological polar surface area (TPSA) is 95.2 Å². The normalized spacial score (nSPS) is 11.9. The first kappa shape index (κ1) is 20.5. The van der Waals surface area contributed by atoms with Gasteiger partial charge in [-0.15, -0.1) is 0 Å². The van der Waals surface area contributed by atoms with E-state index >= 15 is 0 Å². The van der Waals surface area contributed by atoms with E-state index in [0.29, 0.717) is 27.7 Å². The van der Waals surface area contributed by atoms with Crippen molar-refractivity contribution in [1.82, 2.24) is 0 Å². The molecular weight excluding hydrogens is 400 g/mol. The molecule has 2 aromatic carbocycles. The molecule has 3 aromatic rings. The van der Waals surface area contributed by atoms with Crippen LogP contribution in [0.2, 0.25) is 5.02 Å². The Labute approximate surface area is 171 Å². The quantitative estimate of drug-likeness (QED) is 0.637. The van der Waals surface area contributed by atoms with E-state index in [2.05, 4.69) is 0 Å². The average Bonchev–Trinajstić information content (AvgIpc) is 2.70. The third-order valence-electron chi connectivity index (χ3n) is 4.42. The largest absolute Gasteiger partial charge is 0.493 e. The third-order valence-corrected chi connectivity index (χ3v) is 4.83. The number of hydrogen-bond acceptors (Lipinski definition) is 6. The zero-order chi connectivity index (χ0) is 21.3. The van der Waals surface area contributed by atoms with Crippen molar-refractivity contribution < 1.29 is 28.5 Å². The van der Waals surface area contributed by atoms with Gasteiger partial charge in [-0.25, -0.2) is 4.79 Å². The highest BCUT2D eigenvalue weighted by Crippen LogP contribution is 2.37. The maximum Gasteiger partial charge on any atom is 0.344 e. The number of carboxylic acids is 1. The number of aryl methyl sites for hydroxylation is 1. The number of carboxylic acid groups (broad SMARTS) is 1. The van der Waals surface area contributed by atoms with Crippen molar-refractivity contribution in [2.45, 2.75) is 20.0 Å². The van der Waals surface area contributed by atoms with Crippen LogP contribution in [0.25, 0.3) is 22.3 Å². The number of fused-ring (bicyclic) bond motifs is 1. The van der Waals surface area contributed by atoms with E-state index in [1.165, 1.54) is 27.2 Å². The average molecular weight is 419 g/mol. The summed E-state index contributed by atoms with van der Waals surface area (Å²) >= 11 is 6.15. The van der Waals surface area contributed by atoms with E-state index in [4.69, 9.17) is 30.2 Å². The molecule has 8 heteroatoms. The first-order valence-corrected chi connectivity index (χ1v) is 9.03. The number of rotatable bonds is 6. The van der Waals surface area contributed by atoms with Crippen molar-refractivity contribution in [3.05, 3.63) is 51.1 Å². The molecule has 0 saturated carbocycles. The number of ether oxygens (including phenoxy) is 3. The molecule has 3 rings (SSSR count). The van der Waals surface area contributed by atoms with Gasteiger partial charge in [0.2, 0.25) is 11.2 Å². The summed E-state index contributed by atoms with van der Waals surface area (Å²) in [5, 5.41) is 9.81. The van der Waals surface area contributed by atoms with Gasteiger partial charge in [0.1, 0.15) is 5.58 Å². The molecule has 0 spiro atoms. The highest BCUT2D eigenvalue weighted by Gasteiger charge is 2.24. The van der Waals surface area contributed by atoms with Gasteiger partial charge in [-0.2, -0.15) is 0 Å². The molecular formula is C21H19ClO7. The number of carbonyl (C=O) groups is 1. The standard InChI is InChI=1S/C21H19ClO7/c1-10-7-16-13(9-14(10)22)18(23)20(28-11(2)21(24)25)19(29-16)12-5-6-15(26-3)17(8-12)27-4/h5-9,11H,1-4H3,(H,24,25)/t11-/m0/s1. The molecule has 0 unspecified atom stereocenters. The van der Waals surface area contributed by atoms with Gasteiger partial charge in [0, 0.05) is 10.6 Å². The lowest BCUT2D eigenvalue weighted by Crippen LogP contribution is -2.26. The lowest BCUT2D eigenvalue weighted by atomic mass is 10.1. The SMILES string of the molecule is COc1ccc(-c2oc3cc(C)c(Cl)cc3c(=O)c2O[C@@H](C)C(=O)O)cc1OC. The fraction of sp³-hybridized carbons (Fsp3) is 0.238. The first-order chi connectivity index (χ1) is 13.8. The Morgan fingerprint density at radius 1 is 1.14 bits per heavy atom. The Morgan fingerprint density at radius 3 is 2.45 bits per heavy atom. The van der Waals surface area contributed by atoms with Crippen LogP contribution < -0.4 is 19.6 Å². The van der Waals surface area contributed by atoms with Crippen LogP contribution >= 0.6 is 11.6 Å². The van der Waals surface area contributed by atoms with Gasteiger partial charge in [0.05, 0.1) is 19.6 Å². The van der Waals surface area contributed by atoms with Gasteiger partial charge in [-0.3, -0.25) is 4.79 Å². The Hall–Kier alpha value is -3.19. The minimum atomic E-state index is -1.27. The van der Waals surface area contributed by atoms with E-state index in [1.54, 1.807) is 31.2 Å². The van der Waals surface area contributed by atoms with Crippen molar-refractivity contribution in [3.8, 4) is 28.6 Å². The first-order valence-electron chi connectivity index (χ1n) is 8.65. The predicted molar refractivity (Wildman–Crippen MR) is 108 cm³/mol.